The van der Waals surface area contributed by atoms with E-state index < -0.39 is 5.91 Å². The molecular formula is C11H14N6O2. The molecule has 2 N–H and O–H groups in total. The van der Waals surface area contributed by atoms with E-state index in [1.807, 2.05) is 19.0 Å². The van der Waals surface area contributed by atoms with Crippen LogP contribution in [0.5, 0.6) is 5.88 Å². The van der Waals surface area contributed by atoms with Gasteiger partial charge in [0, 0.05) is 20.3 Å². The fraction of sp³-hybridized carbons (Fsp3) is 0.273. The van der Waals surface area contributed by atoms with E-state index in [4.69, 9.17) is 4.74 Å². The summed E-state index contributed by atoms with van der Waals surface area (Å²) >= 11 is 0. The number of nitrogens with zero attached hydrogens (tertiary/aromatic N) is 4. The van der Waals surface area contributed by atoms with E-state index in [0.29, 0.717) is 11.6 Å². The molecule has 8 nitrogen and oxygen atoms in total. The van der Waals surface area contributed by atoms with Gasteiger partial charge in [-0.25, -0.2) is 9.97 Å². The van der Waals surface area contributed by atoms with Gasteiger partial charge in [0.15, 0.2) is 0 Å². The first-order valence-electron chi connectivity index (χ1n) is 5.50. The van der Waals surface area contributed by atoms with E-state index in [2.05, 4.69) is 25.5 Å². The van der Waals surface area contributed by atoms with Crippen molar-refractivity contribution in [1.29, 1.82) is 0 Å². The fourth-order valence-electron chi connectivity index (χ4n) is 1.57. The van der Waals surface area contributed by atoms with Gasteiger partial charge in [-0.3, -0.25) is 9.89 Å². The van der Waals surface area contributed by atoms with Gasteiger partial charge in [0.2, 0.25) is 11.7 Å². The minimum absolute atomic E-state index is 0.121. The third-order valence-corrected chi connectivity index (χ3v) is 2.44. The third kappa shape index (κ3) is 2.62. The monoisotopic (exact) mass is 262 g/mol. The second-order valence-electron chi connectivity index (χ2n) is 3.90. The highest BCUT2D eigenvalue weighted by molar-refractivity contribution is 6.04. The molecule has 2 aromatic rings. The van der Waals surface area contributed by atoms with Crippen LogP contribution in [0, 0.1) is 0 Å². The number of pyridine rings is 1. The van der Waals surface area contributed by atoms with Crippen molar-refractivity contribution < 1.29 is 9.53 Å². The number of carbonyl (C=O) groups is 1. The van der Waals surface area contributed by atoms with E-state index in [1.54, 1.807) is 12.3 Å². The van der Waals surface area contributed by atoms with Crippen LogP contribution in [0.2, 0.25) is 0 Å². The summed E-state index contributed by atoms with van der Waals surface area (Å²) in [7, 11) is 5.21. The van der Waals surface area contributed by atoms with Crippen LogP contribution in [0.25, 0.3) is 0 Å². The molecule has 2 aromatic heterocycles. The van der Waals surface area contributed by atoms with Crippen LogP contribution in [0.15, 0.2) is 18.6 Å². The van der Waals surface area contributed by atoms with Gasteiger partial charge in [0.05, 0.1) is 12.8 Å². The van der Waals surface area contributed by atoms with Crippen molar-refractivity contribution in [3.8, 4) is 5.88 Å². The lowest BCUT2D eigenvalue weighted by atomic mass is 10.3. The van der Waals surface area contributed by atoms with Crippen LogP contribution in [0.3, 0.4) is 0 Å². The number of aromatic amines is 1. The van der Waals surface area contributed by atoms with Gasteiger partial charge < -0.3 is 15.0 Å². The maximum atomic E-state index is 12.0. The molecule has 0 spiro atoms. The molecule has 0 saturated carbocycles. The highest BCUT2D eigenvalue weighted by atomic mass is 16.5. The zero-order valence-electron chi connectivity index (χ0n) is 10.8. The fourth-order valence-corrected chi connectivity index (χ4v) is 1.57. The number of anilines is 2. The molecule has 100 valence electrons. The summed E-state index contributed by atoms with van der Waals surface area (Å²) < 4.78 is 5.16. The second kappa shape index (κ2) is 5.34. The van der Waals surface area contributed by atoms with Crippen molar-refractivity contribution in [2.24, 2.45) is 0 Å². The van der Waals surface area contributed by atoms with E-state index in [9.17, 15) is 4.79 Å². The zero-order valence-corrected chi connectivity index (χ0v) is 10.8. The first kappa shape index (κ1) is 12.8. The molecule has 2 heterocycles. The minimum Gasteiger partial charge on any atom is -0.479 e. The Labute approximate surface area is 109 Å². The molecule has 0 saturated heterocycles. The smallest absolute Gasteiger partial charge is 0.293 e. The number of aromatic nitrogens is 4. The molecule has 0 atom stereocenters. The van der Waals surface area contributed by atoms with Crippen LogP contribution >= 0.6 is 0 Å². The lowest BCUT2D eigenvalue weighted by molar-refractivity contribution is 0.101. The Kier molecular flexibility index (Phi) is 3.60. The lowest BCUT2D eigenvalue weighted by Crippen LogP contribution is -2.19. The quantitative estimate of drug-likeness (QED) is 0.834. The Balaban J connectivity index is 2.35. The molecule has 0 aliphatic carbocycles. The molecule has 0 aromatic carbocycles. The Morgan fingerprint density at radius 3 is 2.79 bits per heavy atom. The number of ether oxygens (including phenoxy) is 1. The topological polar surface area (TPSA) is 96.0 Å². The summed E-state index contributed by atoms with van der Waals surface area (Å²) in [5.41, 5.74) is 1.26. The molecule has 0 fully saturated rings. The summed E-state index contributed by atoms with van der Waals surface area (Å²) in [5.74, 6) is 0.0431. The number of rotatable bonds is 4. The predicted molar refractivity (Wildman–Crippen MR) is 69.5 cm³/mol. The van der Waals surface area contributed by atoms with Crippen LogP contribution in [0.1, 0.15) is 10.6 Å². The third-order valence-electron chi connectivity index (χ3n) is 2.44. The van der Waals surface area contributed by atoms with Gasteiger partial charge in [0.25, 0.3) is 5.91 Å². The molecule has 0 radical (unpaired) electrons. The minimum atomic E-state index is -0.410. The number of amides is 1. The van der Waals surface area contributed by atoms with Crippen LogP contribution in [-0.2, 0) is 0 Å². The normalized spacial score (nSPS) is 10.1. The Morgan fingerprint density at radius 1 is 1.42 bits per heavy atom. The summed E-state index contributed by atoms with van der Waals surface area (Å²) in [6, 6.07) is 1.78. The van der Waals surface area contributed by atoms with E-state index in [-0.39, 0.29) is 5.82 Å². The highest BCUT2D eigenvalue weighted by Crippen LogP contribution is 2.32. The van der Waals surface area contributed by atoms with Gasteiger partial charge in [-0.1, -0.05) is 0 Å². The average Bonchev–Trinajstić information content (AvgIpc) is 2.92. The predicted octanol–water partition coefficient (Wildman–Crippen LogP) is 0.527. The zero-order chi connectivity index (χ0) is 13.8. The number of carbonyl (C=O) groups excluding carboxylic acids is 1. The van der Waals surface area contributed by atoms with Crippen molar-refractivity contribution in [2.45, 2.75) is 0 Å². The van der Waals surface area contributed by atoms with Crippen molar-refractivity contribution in [3.05, 3.63) is 24.4 Å². The molecule has 0 unspecified atom stereocenters. The van der Waals surface area contributed by atoms with Gasteiger partial charge in [-0.05, 0) is 6.07 Å². The number of methoxy groups -OCH3 is 1. The SMILES string of the molecule is COc1nccc(N(C)C)c1NC(=O)c1ncn[nH]1. The van der Waals surface area contributed by atoms with E-state index in [0.717, 1.165) is 5.69 Å². The molecule has 8 heteroatoms. The summed E-state index contributed by atoms with van der Waals surface area (Å²) in [6.07, 6.45) is 2.88. The number of H-pyrrole nitrogens is 1. The van der Waals surface area contributed by atoms with Crippen molar-refractivity contribution in [3.63, 3.8) is 0 Å². The Bertz CT molecular complexity index is 567. The van der Waals surface area contributed by atoms with Crippen LogP contribution < -0.4 is 15.0 Å². The summed E-state index contributed by atoms with van der Waals surface area (Å²) in [6.45, 7) is 0. The number of nitrogens with one attached hydrogen (secondary N) is 2. The molecule has 0 bridgehead atoms. The lowest BCUT2D eigenvalue weighted by Gasteiger charge is -2.18. The second-order valence-corrected chi connectivity index (χ2v) is 3.90. The Hall–Kier alpha value is -2.64. The molecule has 0 aliphatic heterocycles. The average molecular weight is 262 g/mol. The standard InChI is InChI=1S/C11H14N6O2/c1-17(2)7-4-5-12-11(19-3)8(7)15-10(18)9-13-6-14-16-9/h4-6H,1-3H3,(H,15,18)(H,13,14,16). The van der Waals surface area contributed by atoms with Gasteiger partial charge >= 0.3 is 0 Å². The van der Waals surface area contributed by atoms with Crippen molar-refractivity contribution in [2.75, 3.05) is 31.4 Å². The van der Waals surface area contributed by atoms with Crippen LogP contribution in [0.4, 0.5) is 11.4 Å². The van der Waals surface area contributed by atoms with Crippen LogP contribution in [-0.4, -0.2) is 47.3 Å². The number of hydrogen-bond acceptors (Lipinski definition) is 6. The maximum Gasteiger partial charge on any atom is 0.293 e. The van der Waals surface area contributed by atoms with Gasteiger partial charge in [-0.15, -0.1) is 0 Å². The first-order valence-corrected chi connectivity index (χ1v) is 5.50. The molecular weight excluding hydrogens is 248 g/mol. The molecule has 0 aliphatic rings. The molecule has 2 rings (SSSR count). The van der Waals surface area contributed by atoms with Gasteiger partial charge in [-0.2, -0.15) is 5.10 Å². The van der Waals surface area contributed by atoms with Crippen molar-refractivity contribution in [1.82, 2.24) is 20.2 Å². The highest BCUT2D eigenvalue weighted by Gasteiger charge is 2.17. The Morgan fingerprint density at radius 2 is 2.21 bits per heavy atom. The van der Waals surface area contributed by atoms with E-state index in [1.165, 1.54) is 13.4 Å². The summed E-state index contributed by atoms with van der Waals surface area (Å²) in [4.78, 5) is 21.7. The van der Waals surface area contributed by atoms with Gasteiger partial charge in [0.1, 0.15) is 12.0 Å². The van der Waals surface area contributed by atoms with E-state index >= 15 is 0 Å². The van der Waals surface area contributed by atoms with Crippen molar-refractivity contribution >= 4 is 17.3 Å². The number of hydrogen-bond donors (Lipinski definition) is 2. The largest absolute Gasteiger partial charge is 0.479 e. The molecule has 19 heavy (non-hydrogen) atoms. The molecule has 1 amide bonds. The first-order chi connectivity index (χ1) is 9.13. The maximum absolute atomic E-state index is 12.0. The summed E-state index contributed by atoms with van der Waals surface area (Å²) in [5, 5.41) is 8.84.